The molecule has 0 fully saturated rings. The maximum absolute atomic E-state index is 12.4. The molecule has 0 radical (unpaired) electrons. The molecule has 21 heavy (non-hydrogen) atoms. The zero-order chi connectivity index (χ0) is 15.6. The van der Waals surface area contributed by atoms with Crippen molar-refractivity contribution in [3.05, 3.63) is 61.9 Å². The van der Waals surface area contributed by atoms with E-state index in [1.165, 1.54) is 15.3 Å². The van der Waals surface area contributed by atoms with E-state index in [1.54, 1.807) is 0 Å². The van der Waals surface area contributed by atoms with Crippen molar-refractivity contribution in [2.45, 2.75) is 40.3 Å². The van der Waals surface area contributed by atoms with Gasteiger partial charge >= 0.3 is 5.69 Å². The van der Waals surface area contributed by atoms with Gasteiger partial charge in [0.15, 0.2) is 0 Å². The van der Waals surface area contributed by atoms with Crippen molar-refractivity contribution < 1.29 is 0 Å². The Morgan fingerprint density at radius 1 is 1.19 bits per heavy atom. The summed E-state index contributed by atoms with van der Waals surface area (Å²) in [5.74, 6) is 0. The van der Waals surface area contributed by atoms with Crippen molar-refractivity contribution in [3.63, 3.8) is 0 Å². The van der Waals surface area contributed by atoms with Gasteiger partial charge in [-0.2, -0.15) is 0 Å². The monoisotopic (exact) mass is 287 g/mol. The molecule has 0 aliphatic carbocycles. The number of anilines is 1. The largest absolute Gasteiger partial charge is 0.393 e. The van der Waals surface area contributed by atoms with Gasteiger partial charge in [0.25, 0.3) is 5.56 Å². The second-order valence-electron chi connectivity index (χ2n) is 5.38. The molecule has 2 N–H and O–H groups in total. The number of aryl methyl sites for hydroxylation is 3. The SMILES string of the molecule is CCCn1cc(N)c(=O)n(Cc2cc(C)ccc2C)c1=O. The molecule has 0 aliphatic rings. The minimum Gasteiger partial charge on any atom is -0.393 e. The first-order chi connectivity index (χ1) is 9.93. The lowest BCUT2D eigenvalue weighted by Gasteiger charge is -2.12. The average Bonchev–Trinajstić information content (AvgIpc) is 2.44. The van der Waals surface area contributed by atoms with Crippen LogP contribution in [-0.4, -0.2) is 9.13 Å². The lowest BCUT2D eigenvalue weighted by atomic mass is 10.1. The van der Waals surface area contributed by atoms with Gasteiger partial charge in [-0.1, -0.05) is 30.7 Å². The number of hydrogen-bond donors (Lipinski definition) is 1. The van der Waals surface area contributed by atoms with E-state index in [2.05, 4.69) is 0 Å². The molecule has 0 saturated heterocycles. The lowest BCUT2D eigenvalue weighted by molar-refractivity contribution is 0.573. The van der Waals surface area contributed by atoms with E-state index in [9.17, 15) is 9.59 Å². The Hall–Kier alpha value is -2.30. The molecule has 2 aromatic rings. The van der Waals surface area contributed by atoms with Gasteiger partial charge in [-0.3, -0.25) is 13.9 Å². The summed E-state index contributed by atoms with van der Waals surface area (Å²) in [6.45, 7) is 6.73. The topological polar surface area (TPSA) is 70.0 Å². The molecule has 0 amide bonds. The minimum atomic E-state index is -0.423. The Labute approximate surface area is 123 Å². The number of nitrogens with two attached hydrogens (primary N) is 1. The molecule has 0 atom stereocenters. The van der Waals surface area contributed by atoms with Gasteiger partial charge in [-0.25, -0.2) is 4.79 Å². The normalized spacial score (nSPS) is 10.8. The molecule has 0 bridgehead atoms. The van der Waals surface area contributed by atoms with Crippen LogP contribution in [0, 0.1) is 13.8 Å². The first-order valence-electron chi connectivity index (χ1n) is 7.10. The summed E-state index contributed by atoms with van der Waals surface area (Å²) in [6.07, 6.45) is 2.24. The van der Waals surface area contributed by atoms with Gasteiger partial charge in [0.1, 0.15) is 5.69 Å². The van der Waals surface area contributed by atoms with E-state index in [-0.39, 0.29) is 17.9 Å². The number of nitrogen functional groups attached to an aromatic ring is 1. The summed E-state index contributed by atoms with van der Waals surface area (Å²) in [7, 11) is 0. The lowest BCUT2D eigenvalue weighted by Crippen LogP contribution is -2.41. The van der Waals surface area contributed by atoms with Crippen LogP contribution in [-0.2, 0) is 13.1 Å². The van der Waals surface area contributed by atoms with Crippen LogP contribution in [0.15, 0.2) is 34.0 Å². The van der Waals surface area contributed by atoms with E-state index in [0.717, 1.165) is 23.1 Å². The van der Waals surface area contributed by atoms with Crippen LogP contribution >= 0.6 is 0 Å². The van der Waals surface area contributed by atoms with Crippen LogP contribution in [0.1, 0.15) is 30.0 Å². The fourth-order valence-electron chi connectivity index (χ4n) is 2.36. The average molecular weight is 287 g/mol. The fraction of sp³-hybridized carbons (Fsp3) is 0.375. The Morgan fingerprint density at radius 3 is 2.57 bits per heavy atom. The van der Waals surface area contributed by atoms with Gasteiger partial charge in [0.05, 0.1) is 6.54 Å². The van der Waals surface area contributed by atoms with Crippen LogP contribution < -0.4 is 17.0 Å². The van der Waals surface area contributed by atoms with Crippen LogP contribution in [0.3, 0.4) is 0 Å². The van der Waals surface area contributed by atoms with Crippen molar-refractivity contribution in [3.8, 4) is 0 Å². The Morgan fingerprint density at radius 2 is 1.90 bits per heavy atom. The van der Waals surface area contributed by atoms with Crippen molar-refractivity contribution in [2.75, 3.05) is 5.73 Å². The molecule has 0 aliphatic heterocycles. The molecular formula is C16H21N3O2. The van der Waals surface area contributed by atoms with Crippen molar-refractivity contribution in [1.82, 2.24) is 9.13 Å². The van der Waals surface area contributed by atoms with Gasteiger partial charge in [-0.15, -0.1) is 0 Å². The van der Waals surface area contributed by atoms with E-state index in [4.69, 9.17) is 5.73 Å². The fourth-order valence-corrected chi connectivity index (χ4v) is 2.36. The number of aromatic nitrogens is 2. The zero-order valence-electron chi connectivity index (χ0n) is 12.7. The van der Waals surface area contributed by atoms with Crippen LogP contribution in [0.25, 0.3) is 0 Å². The molecule has 1 aromatic carbocycles. The van der Waals surface area contributed by atoms with Gasteiger partial charge in [-0.05, 0) is 31.4 Å². The van der Waals surface area contributed by atoms with Crippen LogP contribution in [0.5, 0.6) is 0 Å². The number of nitrogens with zero attached hydrogens (tertiary/aromatic N) is 2. The quantitative estimate of drug-likeness (QED) is 0.930. The van der Waals surface area contributed by atoms with E-state index in [1.807, 2.05) is 39.0 Å². The third kappa shape index (κ3) is 3.07. The van der Waals surface area contributed by atoms with Crippen molar-refractivity contribution in [2.24, 2.45) is 0 Å². The highest BCUT2D eigenvalue weighted by atomic mass is 16.2. The molecule has 2 rings (SSSR count). The zero-order valence-corrected chi connectivity index (χ0v) is 12.7. The summed E-state index contributed by atoms with van der Waals surface area (Å²) in [6, 6.07) is 6.00. The Balaban J connectivity index is 2.56. The highest BCUT2D eigenvalue weighted by Crippen LogP contribution is 2.11. The predicted molar refractivity (Wildman–Crippen MR) is 84.7 cm³/mol. The first-order valence-corrected chi connectivity index (χ1v) is 7.10. The first kappa shape index (κ1) is 15.1. The number of benzene rings is 1. The van der Waals surface area contributed by atoms with Crippen molar-refractivity contribution >= 4 is 5.69 Å². The third-order valence-corrected chi connectivity index (χ3v) is 3.56. The summed E-state index contributed by atoms with van der Waals surface area (Å²) in [5.41, 5.74) is 8.23. The molecule has 0 unspecified atom stereocenters. The van der Waals surface area contributed by atoms with E-state index in [0.29, 0.717) is 6.54 Å². The smallest absolute Gasteiger partial charge is 0.331 e. The Bertz CT molecular complexity index is 772. The Kier molecular flexibility index (Phi) is 4.31. The van der Waals surface area contributed by atoms with E-state index >= 15 is 0 Å². The standard InChI is InChI=1S/C16H21N3O2/c1-4-7-18-10-14(17)15(20)19(16(18)21)9-13-8-11(2)5-6-12(13)3/h5-6,8,10H,4,7,9,17H2,1-3H3. The van der Waals surface area contributed by atoms with Gasteiger partial charge in [0.2, 0.25) is 0 Å². The maximum atomic E-state index is 12.4. The highest BCUT2D eigenvalue weighted by molar-refractivity contribution is 5.33. The molecular weight excluding hydrogens is 266 g/mol. The molecule has 0 saturated carbocycles. The summed E-state index contributed by atoms with van der Waals surface area (Å²) >= 11 is 0. The third-order valence-electron chi connectivity index (χ3n) is 3.56. The molecule has 5 heteroatoms. The van der Waals surface area contributed by atoms with Crippen molar-refractivity contribution in [1.29, 1.82) is 0 Å². The number of hydrogen-bond acceptors (Lipinski definition) is 3. The van der Waals surface area contributed by atoms with E-state index < -0.39 is 5.56 Å². The minimum absolute atomic E-state index is 0.105. The maximum Gasteiger partial charge on any atom is 0.331 e. The second-order valence-corrected chi connectivity index (χ2v) is 5.38. The summed E-state index contributed by atoms with van der Waals surface area (Å²) < 4.78 is 2.72. The molecule has 112 valence electrons. The summed E-state index contributed by atoms with van der Waals surface area (Å²) in [4.78, 5) is 24.6. The summed E-state index contributed by atoms with van der Waals surface area (Å²) in [5, 5.41) is 0. The predicted octanol–water partition coefficient (Wildman–Crippen LogP) is 1.67. The van der Waals surface area contributed by atoms with Crippen LogP contribution in [0.4, 0.5) is 5.69 Å². The van der Waals surface area contributed by atoms with Gasteiger partial charge in [0, 0.05) is 12.7 Å². The van der Waals surface area contributed by atoms with Gasteiger partial charge < -0.3 is 5.73 Å². The van der Waals surface area contributed by atoms with Crippen LogP contribution in [0.2, 0.25) is 0 Å². The number of rotatable bonds is 4. The molecule has 1 heterocycles. The second kappa shape index (κ2) is 5.99. The molecule has 1 aromatic heterocycles. The molecule has 5 nitrogen and oxygen atoms in total. The molecule has 0 spiro atoms. The highest BCUT2D eigenvalue weighted by Gasteiger charge is 2.10.